The van der Waals surface area contributed by atoms with Crippen molar-refractivity contribution in [2.24, 2.45) is 0 Å². The molecule has 0 spiro atoms. The van der Waals surface area contributed by atoms with E-state index in [1.54, 1.807) is 0 Å². The molecule has 0 radical (unpaired) electrons. The van der Waals surface area contributed by atoms with E-state index in [-0.39, 0.29) is 13.2 Å². The lowest BCUT2D eigenvalue weighted by Crippen LogP contribution is -2.41. The van der Waals surface area contributed by atoms with Crippen molar-refractivity contribution in [3.8, 4) is 17.2 Å². The van der Waals surface area contributed by atoms with Crippen LogP contribution < -0.4 is 0 Å². The predicted molar refractivity (Wildman–Crippen MR) is 92.4 cm³/mol. The van der Waals surface area contributed by atoms with Gasteiger partial charge in [0.25, 0.3) is 0 Å². The molecule has 1 aliphatic rings. The zero-order valence-electron chi connectivity index (χ0n) is 15.4. The normalized spacial score (nSPS) is 18.4. The molecule has 0 aliphatic carbocycles. The summed E-state index contributed by atoms with van der Waals surface area (Å²) in [5, 5.41) is 39.1. The predicted octanol–water partition coefficient (Wildman–Crippen LogP) is 0.563. The average Bonchev–Trinajstić information content (AvgIpc) is 2.65. The van der Waals surface area contributed by atoms with Crippen molar-refractivity contribution in [3.05, 3.63) is 28.8 Å². The number of aliphatic carboxylic acids is 1. The van der Waals surface area contributed by atoms with E-state index in [9.17, 15) is 34.5 Å². The first-order valence-corrected chi connectivity index (χ1v) is 8.40. The lowest BCUT2D eigenvalue weighted by molar-refractivity contribution is -0.155. The Balaban J connectivity index is 2.83. The Morgan fingerprint density at radius 1 is 1.10 bits per heavy atom. The van der Waals surface area contributed by atoms with Crippen LogP contribution in [0.5, 0.6) is 17.2 Å². The molecule has 0 unspecified atom stereocenters. The van der Waals surface area contributed by atoms with E-state index in [1.807, 2.05) is 0 Å². The summed E-state index contributed by atoms with van der Waals surface area (Å²) in [6.45, 7) is 2.64. The molecule has 156 valence electrons. The highest BCUT2D eigenvalue weighted by molar-refractivity contribution is 6.03. The molecule has 0 fully saturated rings. The van der Waals surface area contributed by atoms with Crippen LogP contribution in [-0.2, 0) is 28.6 Å². The van der Waals surface area contributed by atoms with Gasteiger partial charge in [0, 0.05) is 11.6 Å². The fourth-order valence-corrected chi connectivity index (χ4v) is 2.89. The molecule has 2 rings (SSSR count). The zero-order valence-corrected chi connectivity index (χ0v) is 15.4. The van der Waals surface area contributed by atoms with Gasteiger partial charge < -0.3 is 34.6 Å². The Morgan fingerprint density at radius 3 is 2.28 bits per heavy atom. The van der Waals surface area contributed by atoms with Crippen molar-refractivity contribution in [1.82, 2.24) is 0 Å². The van der Waals surface area contributed by atoms with Crippen molar-refractivity contribution in [1.29, 1.82) is 0 Å². The molecule has 11 nitrogen and oxygen atoms in total. The summed E-state index contributed by atoms with van der Waals surface area (Å²) in [5.74, 6) is -9.67. The van der Waals surface area contributed by atoms with Gasteiger partial charge in [-0.05, 0) is 19.9 Å². The van der Waals surface area contributed by atoms with Gasteiger partial charge >= 0.3 is 23.9 Å². The maximum atomic E-state index is 12.4. The lowest BCUT2D eigenvalue weighted by atomic mass is 9.80. The van der Waals surface area contributed by atoms with Crippen LogP contribution in [0, 0.1) is 0 Å². The summed E-state index contributed by atoms with van der Waals surface area (Å²) in [7, 11) is 0. The summed E-state index contributed by atoms with van der Waals surface area (Å²) >= 11 is 0. The second-order valence-corrected chi connectivity index (χ2v) is 5.77. The smallest absolute Gasteiger partial charge is 0.348 e. The molecule has 0 saturated carbocycles. The first-order chi connectivity index (χ1) is 13.6. The minimum atomic E-state index is -1.86. The number of ether oxygens (including phenoxy) is 3. The Kier molecular flexibility index (Phi) is 6.32. The SMILES string of the molecule is CCOC(=O)/C(=C\C(=O)O)[C@H]1c2c(cc(O)c(O)c2O)C(=O)O[C@@H]1C(=O)OCC. The van der Waals surface area contributed by atoms with Crippen molar-refractivity contribution in [2.75, 3.05) is 13.2 Å². The lowest BCUT2D eigenvalue weighted by Gasteiger charge is -2.32. The third-order valence-corrected chi connectivity index (χ3v) is 4.01. The number of esters is 3. The maximum absolute atomic E-state index is 12.4. The monoisotopic (exact) mass is 410 g/mol. The maximum Gasteiger partial charge on any atom is 0.348 e. The molecule has 1 aromatic carbocycles. The first-order valence-electron chi connectivity index (χ1n) is 8.40. The van der Waals surface area contributed by atoms with Crippen LogP contribution in [0.4, 0.5) is 0 Å². The van der Waals surface area contributed by atoms with Crippen molar-refractivity contribution >= 4 is 23.9 Å². The van der Waals surface area contributed by atoms with E-state index in [2.05, 4.69) is 0 Å². The standard InChI is InChI=1S/C18H18O11/c1-3-27-16(24)8(6-10(20)21)12-11-7(5-9(19)13(22)14(11)23)17(25)29-15(12)18(26)28-4-2/h5-6,12,15,19,22-23H,3-4H2,1-2H3,(H,20,21)/b8-6-/t12-,15-/m0/s1. The van der Waals surface area contributed by atoms with Gasteiger partial charge in [-0.3, -0.25) is 0 Å². The van der Waals surface area contributed by atoms with Gasteiger partial charge in [-0.25, -0.2) is 19.2 Å². The van der Waals surface area contributed by atoms with Crippen LogP contribution in [-0.4, -0.2) is 63.6 Å². The van der Waals surface area contributed by atoms with Crippen LogP contribution in [0.1, 0.15) is 35.7 Å². The molecule has 0 bridgehead atoms. The Labute approximate surface area is 163 Å². The molecule has 4 N–H and O–H groups in total. The largest absolute Gasteiger partial charge is 0.504 e. The topological polar surface area (TPSA) is 177 Å². The van der Waals surface area contributed by atoms with E-state index < -0.39 is 69.8 Å². The molecule has 1 heterocycles. The number of benzene rings is 1. The van der Waals surface area contributed by atoms with E-state index >= 15 is 0 Å². The van der Waals surface area contributed by atoms with Crippen molar-refractivity contribution < 1.29 is 53.8 Å². The van der Waals surface area contributed by atoms with Gasteiger partial charge in [-0.2, -0.15) is 0 Å². The molecule has 1 aromatic rings. The van der Waals surface area contributed by atoms with Gasteiger partial charge in [0.2, 0.25) is 11.9 Å². The van der Waals surface area contributed by atoms with Gasteiger partial charge in [0.15, 0.2) is 11.5 Å². The molecular weight excluding hydrogens is 392 g/mol. The fourth-order valence-electron chi connectivity index (χ4n) is 2.89. The van der Waals surface area contributed by atoms with Crippen LogP contribution >= 0.6 is 0 Å². The number of carbonyl (C=O) groups excluding carboxylic acids is 3. The number of carboxylic acid groups (broad SMARTS) is 1. The van der Waals surface area contributed by atoms with E-state index in [0.717, 1.165) is 6.07 Å². The molecule has 0 aromatic heterocycles. The van der Waals surface area contributed by atoms with Gasteiger partial charge in [0.05, 0.1) is 30.3 Å². The molecule has 0 saturated heterocycles. The summed E-state index contributed by atoms with van der Waals surface area (Å²) in [5.41, 5.74) is -1.62. The number of cyclic esters (lactones) is 1. The highest BCUT2D eigenvalue weighted by Crippen LogP contribution is 2.49. The number of rotatable bonds is 6. The van der Waals surface area contributed by atoms with Crippen LogP contribution in [0.15, 0.2) is 17.7 Å². The number of phenols is 3. The second-order valence-electron chi connectivity index (χ2n) is 5.77. The number of carboxylic acids is 1. The third-order valence-electron chi connectivity index (χ3n) is 4.01. The molecule has 2 atom stereocenters. The van der Waals surface area contributed by atoms with E-state index in [0.29, 0.717) is 6.08 Å². The molecule has 0 amide bonds. The molecular formula is C18H18O11. The summed E-state index contributed by atoms with van der Waals surface area (Å²) < 4.78 is 14.7. The van der Waals surface area contributed by atoms with Crippen LogP contribution in [0.25, 0.3) is 0 Å². The average molecular weight is 410 g/mol. The molecule has 1 aliphatic heterocycles. The number of aromatic hydroxyl groups is 3. The minimum absolute atomic E-state index is 0.128. The van der Waals surface area contributed by atoms with Gasteiger partial charge in [-0.1, -0.05) is 0 Å². The summed E-state index contributed by atoms with van der Waals surface area (Å²) in [6, 6.07) is 0.755. The zero-order chi connectivity index (χ0) is 21.9. The highest BCUT2D eigenvalue weighted by Gasteiger charge is 2.48. The minimum Gasteiger partial charge on any atom is -0.504 e. The Morgan fingerprint density at radius 2 is 1.72 bits per heavy atom. The van der Waals surface area contributed by atoms with Crippen molar-refractivity contribution in [3.63, 3.8) is 0 Å². The van der Waals surface area contributed by atoms with Gasteiger partial charge in [0.1, 0.15) is 0 Å². The summed E-state index contributed by atoms with van der Waals surface area (Å²) in [6.07, 6.45) is -1.43. The third kappa shape index (κ3) is 4.08. The number of hydrogen-bond donors (Lipinski definition) is 4. The van der Waals surface area contributed by atoms with E-state index in [4.69, 9.17) is 19.3 Å². The number of fused-ring (bicyclic) bond motifs is 1. The molecule has 11 heteroatoms. The highest BCUT2D eigenvalue weighted by atomic mass is 16.6. The summed E-state index contributed by atoms with van der Waals surface area (Å²) in [4.78, 5) is 48.4. The first kappa shape index (κ1) is 21.5. The Bertz CT molecular complexity index is 900. The molecule has 29 heavy (non-hydrogen) atoms. The fraction of sp³-hybridized carbons (Fsp3) is 0.333. The number of hydrogen-bond acceptors (Lipinski definition) is 10. The van der Waals surface area contributed by atoms with Crippen molar-refractivity contribution in [2.45, 2.75) is 25.9 Å². The van der Waals surface area contributed by atoms with Crippen LogP contribution in [0.3, 0.4) is 0 Å². The second kappa shape index (κ2) is 8.50. The van der Waals surface area contributed by atoms with E-state index in [1.165, 1.54) is 13.8 Å². The number of carbonyl (C=O) groups is 4. The van der Waals surface area contributed by atoms with Crippen LogP contribution in [0.2, 0.25) is 0 Å². The van der Waals surface area contributed by atoms with Gasteiger partial charge in [-0.15, -0.1) is 0 Å². The Hall–Kier alpha value is -3.76. The number of phenolic OH excluding ortho intramolecular Hbond substituents is 3. The quantitative estimate of drug-likeness (QED) is 0.223.